The SMILES string of the molecule is NS(=O)(=O)OC[C@H]1O[C@@H](n2cnc3c(CN4C(=O)c5ccccc5C4=O)ncnc32)[C@H](O)[C@@H]1O. The molecule has 2 aromatic heterocycles. The smallest absolute Gasteiger partial charge is 0.333 e. The lowest BCUT2D eigenvalue weighted by Crippen LogP contribution is -2.35. The number of hydrogen-bond acceptors (Lipinski definition) is 11. The molecule has 0 unspecified atom stereocenters. The first-order valence-electron chi connectivity index (χ1n) is 9.96. The van der Waals surface area contributed by atoms with E-state index in [4.69, 9.17) is 9.88 Å². The van der Waals surface area contributed by atoms with E-state index in [1.54, 1.807) is 24.3 Å². The van der Waals surface area contributed by atoms with Gasteiger partial charge in [0.25, 0.3) is 11.8 Å². The van der Waals surface area contributed by atoms with Crippen molar-refractivity contribution in [3.8, 4) is 0 Å². The zero-order valence-electron chi connectivity index (χ0n) is 17.3. The summed E-state index contributed by atoms with van der Waals surface area (Å²) in [5.74, 6) is -0.913. The summed E-state index contributed by atoms with van der Waals surface area (Å²) < 4.78 is 33.4. The van der Waals surface area contributed by atoms with Crippen molar-refractivity contribution in [2.24, 2.45) is 5.14 Å². The highest BCUT2D eigenvalue weighted by Gasteiger charge is 2.45. The predicted molar refractivity (Wildman–Crippen MR) is 111 cm³/mol. The molecule has 0 saturated carbocycles. The first-order chi connectivity index (χ1) is 16.2. The molecule has 1 fully saturated rings. The van der Waals surface area contributed by atoms with Crippen molar-refractivity contribution < 1.29 is 37.1 Å². The van der Waals surface area contributed by atoms with Gasteiger partial charge in [0.2, 0.25) is 0 Å². The van der Waals surface area contributed by atoms with Crippen molar-refractivity contribution >= 4 is 33.3 Å². The lowest BCUT2D eigenvalue weighted by Gasteiger charge is -2.17. The van der Waals surface area contributed by atoms with Crippen LogP contribution in [-0.2, 0) is 25.8 Å². The summed E-state index contributed by atoms with van der Waals surface area (Å²) in [4.78, 5) is 39.0. The molecular formula is C19H18N6O8S. The van der Waals surface area contributed by atoms with Gasteiger partial charge in [-0.15, -0.1) is 0 Å². The van der Waals surface area contributed by atoms with Crippen LogP contribution in [0.25, 0.3) is 11.2 Å². The Morgan fingerprint density at radius 3 is 2.38 bits per heavy atom. The van der Waals surface area contributed by atoms with E-state index in [-0.39, 0.29) is 23.4 Å². The molecule has 0 spiro atoms. The molecule has 2 aliphatic heterocycles. The molecule has 3 aromatic rings. The van der Waals surface area contributed by atoms with Gasteiger partial charge in [0, 0.05) is 0 Å². The maximum atomic E-state index is 12.7. The van der Waals surface area contributed by atoms with Crippen LogP contribution in [0.3, 0.4) is 0 Å². The number of benzene rings is 1. The van der Waals surface area contributed by atoms with E-state index >= 15 is 0 Å². The number of imidazole rings is 1. The van der Waals surface area contributed by atoms with Gasteiger partial charge < -0.3 is 14.9 Å². The van der Waals surface area contributed by atoms with Crippen LogP contribution in [0.15, 0.2) is 36.9 Å². The molecular weight excluding hydrogens is 472 g/mol. The fraction of sp³-hybridized carbons (Fsp3) is 0.316. The highest BCUT2D eigenvalue weighted by atomic mass is 32.2. The maximum Gasteiger partial charge on any atom is 0.333 e. The molecule has 4 N–H and O–H groups in total. The largest absolute Gasteiger partial charge is 0.387 e. The van der Waals surface area contributed by atoms with E-state index in [2.05, 4.69) is 19.1 Å². The number of aromatic nitrogens is 4. The van der Waals surface area contributed by atoms with Crippen molar-refractivity contribution in [2.75, 3.05) is 6.61 Å². The van der Waals surface area contributed by atoms with Gasteiger partial charge in [-0.2, -0.15) is 8.42 Å². The number of nitrogens with two attached hydrogens (primary N) is 1. The predicted octanol–water partition coefficient (Wildman–Crippen LogP) is -1.54. The van der Waals surface area contributed by atoms with Crippen LogP contribution in [0, 0.1) is 0 Å². The summed E-state index contributed by atoms with van der Waals surface area (Å²) in [6.07, 6.45) is -2.85. The van der Waals surface area contributed by atoms with E-state index in [1.165, 1.54) is 17.2 Å². The molecule has 4 atom stereocenters. The average Bonchev–Trinajstić information content (AvgIpc) is 3.43. The Labute approximate surface area is 191 Å². The maximum absolute atomic E-state index is 12.7. The minimum Gasteiger partial charge on any atom is -0.387 e. The quantitative estimate of drug-likeness (QED) is 0.338. The Hall–Kier alpha value is -3.34. The Bertz CT molecular complexity index is 1370. The molecule has 178 valence electrons. The monoisotopic (exact) mass is 490 g/mol. The van der Waals surface area contributed by atoms with Crippen molar-refractivity contribution in [2.45, 2.75) is 31.1 Å². The Morgan fingerprint density at radius 1 is 1.06 bits per heavy atom. The van der Waals surface area contributed by atoms with Crippen LogP contribution in [0.1, 0.15) is 32.6 Å². The number of carbonyl (C=O) groups is 2. The number of aliphatic hydroxyl groups is 2. The van der Waals surface area contributed by atoms with Crippen LogP contribution in [0.2, 0.25) is 0 Å². The van der Waals surface area contributed by atoms with Crippen molar-refractivity contribution in [1.82, 2.24) is 24.4 Å². The highest BCUT2D eigenvalue weighted by Crippen LogP contribution is 2.32. The van der Waals surface area contributed by atoms with Crippen molar-refractivity contribution in [3.63, 3.8) is 0 Å². The van der Waals surface area contributed by atoms with Gasteiger partial charge in [-0.05, 0) is 12.1 Å². The third-order valence-corrected chi connectivity index (χ3v) is 6.09. The summed E-state index contributed by atoms with van der Waals surface area (Å²) in [5, 5.41) is 25.5. The second-order valence-electron chi connectivity index (χ2n) is 7.71. The van der Waals surface area contributed by atoms with E-state index < -0.39 is 53.3 Å². The Kier molecular flexibility index (Phi) is 5.38. The Morgan fingerprint density at radius 2 is 1.74 bits per heavy atom. The summed E-state index contributed by atoms with van der Waals surface area (Å²) in [6.45, 7) is -0.774. The molecule has 2 amide bonds. The summed E-state index contributed by atoms with van der Waals surface area (Å²) >= 11 is 0. The van der Waals surface area contributed by atoms with Gasteiger partial charge in [-0.3, -0.25) is 23.2 Å². The van der Waals surface area contributed by atoms with Crippen LogP contribution >= 0.6 is 0 Å². The van der Waals surface area contributed by atoms with E-state index in [1.807, 2.05) is 0 Å². The number of rotatable bonds is 6. The van der Waals surface area contributed by atoms with Gasteiger partial charge in [-0.25, -0.2) is 20.1 Å². The number of ether oxygens (including phenoxy) is 1. The summed E-state index contributed by atoms with van der Waals surface area (Å²) in [7, 11) is -4.28. The summed E-state index contributed by atoms with van der Waals surface area (Å²) in [5.41, 5.74) is 1.32. The third kappa shape index (κ3) is 3.73. The molecule has 15 heteroatoms. The third-order valence-electron chi connectivity index (χ3n) is 5.63. The van der Waals surface area contributed by atoms with Crippen LogP contribution < -0.4 is 5.14 Å². The van der Waals surface area contributed by atoms with Gasteiger partial charge >= 0.3 is 10.3 Å². The van der Waals surface area contributed by atoms with Crippen LogP contribution in [0.4, 0.5) is 0 Å². The van der Waals surface area contributed by atoms with E-state index in [0.717, 1.165) is 4.90 Å². The molecule has 34 heavy (non-hydrogen) atoms. The second kappa shape index (κ2) is 8.15. The minimum atomic E-state index is -4.28. The zero-order chi connectivity index (χ0) is 24.2. The molecule has 5 rings (SSSR count). The first-order valence-corrected chi connectivity index (χ1v) is 11.4. The first kappa shape index (κ1) is 22.5. The molecule has 0 bridgehead atoms. The van der Waals surface area contributed by atoms with Gasteiger partial charge in [0.1, 0.15) is 30.2 Å². The number of amides is 2. The number of fused-ring (bicyclic) bond motifs is 2. The fourth-order valence-corrected chi connectivity index (χ4v) is 4.32. The molecule has 1 saturated heterocycles. The molecule has 14 nitrogen and oxygen atoms in total. The molecule has 0 radical (unpaired) electrons. The number of hydrogen-bond donors (Lipinski definition) is 3. The number of nitrogens with zero attached hydrogens (tertiary/aromatic N) is 5. The zero-order valence-corrected chi connectivity index (χ0v) is 18.1. The van der Waals surface area contributed by atoms with Crippen molar-refractivity contribution in [3.05, 3.63) is 53.7 Å². The van der Waals surface area contributed by atoms with E-state index in [9.17, 15) is 28.2 Å². The molecule has 0 aliphatic carbocycles. The number of carbonyl (C=O) groups excluding carboxylic acids is 2. The van der Waals surface area contributed by atoms with Gasteiger partial charge in [0.05, 0.1) is 36.3 Å². The standard InChI is InChI=1S/C19H18N6O8S/c20-34(30,31)32-6-12-14(26)15(27)19(33-12)25-8-23-13-11(21-7-22-16(13)25)5-24-17(28)9-3-1-2-4-10(9)18(24)29/h1-4,7-8,12,14-15,19,26-27H,5-6H2,(H2,20,30,31)/t12-,14-,15-,19-/m1/s1. The molecule has 2 aliphatic rings. The number of imide groups is 1. The highest BCUT2D eigenvalue weighted by molar-refractivity contribution is 7.84. The van der Waals surface area contributed by atoms with Crippen molar-refractivity contribution in [1.29, 1.82) is 0 Å². The second-order valence-corrected chi connectivity index (χ2v) is 8.93. The van der Waals surface area contributed by atoms with Crippen LogP contribution in [-0.4, -0.2) is 79.8 Å². The van der Waals surface area contributed by atoms with E-state index in [0.29, 0.717) is 11.1 Å². The van der Waals surface area contributed by atoms with Gasteiger partial charge in [-0.1, -0.05) is 12.1 Å². The lowest BCUT2D eigenvalue weighted by atomic mass is 10.1. The topological polar surface area (TPSA) is 200 Å². The van der Waals surface area contributed by atoms with Crippen LogP contribution in [0.5, 0.6) is 0 Å². The molecule has 4 heterocycles. The average molecular weight is 490 g/mol. The lowest BCUT2D eigenvalue weighted by molar-refractivity contribution is -0.0467. The number of aliphatic hydroxyl groups excluding tert-OH is 2. The normalized spacial score (nSPS) is 24.9. The van der Waals surface area contributed by atoms with Gasteiger partial charge in [0.15, 0.2) is 11.9 Å². The fourth-order valence-electron chi connectivity index (χ4n) is 3.99. The molecule has 1 aromatic carbocycles. The Balaban J connectivity index is 1.41. The summed E-state index contributed by atoms with van der Waals surface area (Å²) in [6, 6.07) is 6.47. The minimum absolute atomic E-state index is 0.163.